The average Bonchev–Trinajstić information content (AvgIpc) is 3.38. The molecule has 1 unspecified atom stereocenters. The fourth-order valence-corrected chi connectivity index (χ4v) is 5.77. The second-order valence-corrected chi connectivity index (χ2v) is 11.8. The molecule has 0 radical (unpaired) electrons. The number of ether oxygens (including phenoxy) is 1. The Morgan fingerprint density at radius 3 is 1.80 bits per heavy atom. The SMILES string of the molecule is O=C(OC(C[n+]1ccn(C(c2ccc(Cl)cc2)c2ccc(Cl)cc2)c1)c1ccc(Cl)cc1Cl)c1ccc(Cl)cc1Cl. The fourth-order valence-electron chi connectivity index (χ4n) is 4.50. The molecule has 5 rings (SSSR count). The van der Waals surface area contributed by atoms with E-state index in [0.717, 1.165) is 11.1 Å². The van der Waals surface area contributed by atoms with Crippen LogP contribution < -0.4 is 4.57 Å². The molecule has 0 amide bonds. The highest BCUT2D eigenvalue weighted by Crippen LogP contribution is 2.32. The lowest BCUT2D eigenvalue weighted by Gasteiger charge is -2.19. The van der Waals surface area contributed by atoms with Gasteiger partial charge in [0, 0.05) is 41.8 Å². The third kappa shape index (κ3) is 7.21. The van der Waals surface area contributed by atoms with E-state index in [1.165, 1.54) is 12.1 Å². The maximum absolute atomic E-state index is 13.2. The van der Waals surface area contributed by atoms with Crippen molar-refractivity contribution in [2.24, 2.45) is 0 Å². The smallest absolute Gasteiger partial charge is 0.340 e. The monoisotopic (exact) mass is 663 g/mol. The van der Waals surface area contributed by atoms with Gasteiger partial charge in [0.25, 0.3) is 0 Å². The van der Waals surface area contributed by atoms with Gasteiger partial charge in [-0.25, -0.2) is 13.9 Å². The van der Waals surface area contributed by atoms with E-state index in [1.807, 2.05) is 71.8 Å². The predicted octanol–water partition coefficient (Wildman–Crippen LogP) is 9.93. The normalized spacial score (nSPS) is 12.0. The van der Waals surface area contributed by atoms with Crippen LogP contribution in [0.25, 0.3) is 0 Å². The van der Waals surface area contributed by atoms with E-state index in [4.69, 9.17) is 74.3 Å². The predicted molar refractivity (Wildman–Crippen MR) is 166 cm³/mol. The Labute approximate surface area is 267 Å². The van der Waals surface area contributed by atoms with Gasteiger partial charge >= 0.3 is 5.97 Å². The first-order valence-electron chi connectivity index (χ1n) is 12.4. The standard InChI is InChI=1S/C31H21Cl6N2O2/c32-21-5-1-19(2-6-21)30(20-3-7-22(33)8-4-20)39-14-13-38(18-39)17-29(25-11-9-23(34)15-27(25)36)41-31(40)26-12-10-24(35)16-28(26)37/h1-16,18,29-30H,17H2/q+1. The minimum atomic E-state index is -0.760. The third-order valence-electron chi connectivity index (χ3n) is 6.47. The summed E-state index contributed by atoms with van der Waals surface area (Å²) in [5.41, 5.74) is 2.85. The molecular weight excluding hydrogens is 645 g/mol. The summed E-state index contributed by atoms with van der Waals surface area (Å²) in [4.78, 5) is 13.2. The molecule has 0 spiro atoms. The lowest BCUT2D eigenvalue weighted by Crippen LogP contribution is -2.36. The van der Waals surface area contributed by atoms with Crippen LogP contribution in [0.2, 0.25) is 30.1 Å². The van der Waals surface area contributed by atoms with Crippen molar-refractivity contribution in [2.45, 2.75) is 18.7 Å². The van der Waals surface area contributed by atoms with E-state index >= 15 is 0 Å². The lowest BCUT2D eigenvalue weighted by molar-refractivity contribution is -0.703. The van der Waals surface area contributed by atoms with Crippen LogP contribution in [0.1, 0.15) is 39.2 Å². The molecule has 4 aromatic carbocycles. The molecule has 10 heteroatoms. The number of carbonyl (C=O) groups is 1. The number of nitrogens with zero attached hydrogens (tertiary/aromatic N) is 2. The summed E-state index contributed by atoms with van der Waals surface area (Å²) in [6.45, 7) is 0.263. The minimum absolute atomic E-state index is 0.168. The Balaban J connectivity index is 1.49. The number of halogens is 6. The van der Waals surface area contributed by atoms with Gasteiger partial charge in [-0.2, -0.15) is 0 Å². The summed E-state index contributed by atoms with van der Waals surface area (Å²) in [6, 6.07) is 24.9. The van der Waals surface area contributed by atoms with Crippen molar-refractivity contribution in [3.63, 3.8) is 0 Å². The molecule has 0 aliphatic heterocycles. The first-order chi connectivity index (χ1) is 19.7. The molecule has 0 aliphatic carbocycles. The number of aromatic nitrogens is 2. The molecule has 0 N–H and O–H groups in total. The topological polar surface area (TPSA) is 35.1 Å². The fraction of sp³-hybridized carbons (Fsp3) is 0.0968. The zero-order chi connectivity index (χ0) is 29.1. The maximum Gasteiger partial charge on any atom is 0.340 e. The van der Waals surface area contributed by atoms with E-state index < -0.39 is 12.1 Å². The highest BCUT2D eigenvalue weighted by atomic mass is 35.5. The van der Waals surface area contributed by atoms with Crippen molar-refractivity contribution in [2.75, 3.05) is 0 Å². The van der Waals surface area contributed by atoms with Gasteiger partial charge in [-0.15, -0.1) is 0 Å². The van der Waals surface area contributed by atoms with Gasteiger partial charge in [0.15, 0.2) is 12.1 Å². The molecule has 0 bridgehead atoms. The van der Waals surface area contributed by atoms with Gasteiger partial charge in [0.05, 0.1) is 10.6 Å². The van der Waals surface area contributed by atoms with Crippen molar-refractivity contribution in [1.29, 1.82) is 0 Å². The first kappa shape index (κ1) is 29.8. The average molecular weight is 666 g/mol. The molecule has 0 saturated heterocycles. The summed E-state index contributed by atoms with van der Waals surface area (Å²) < 4.78 is 9.96. The Hall–Kier alpha value is -2.70. The number of esters is 1. The van der Waals surface area contributed by atoms with Gasteiger partial charge in [0.2, 0.25) is 6.33 Å². The summed E-state index contributed by atoms with van der Waals surface area (Å²) in [6.07, 6.45) is 5.03. The summed E-state index contributed by atoms with van der Waals surface area (Å²) in [5.74, 6) is -0.608. The molecule has 4 nitrogen and oxygen atoms in total. The van der Waals surface area contributed by atoms with E-state index in [-0.39, 0.29) is 23.2 Å². The zero-order valence-electron chi connectivity index (χ0n) is 21.2. The zero-order valence-corrected chi connectivity index (χ0v) is 25.7. The highest BCUT2D eigenvalue weighted by Gasteiger charge is 2.27. The van der Waals surface area contributed by atoms with Gasteiger partial charge < -0.3 is 4.74 Å². The number of rotatable bonds is 8. The second-order valence-electron chi connectivity index (χ2n) is 9.25. The van der Waals surface area contributed by atoms with Gasteiger partial charge in [-0.05, 0) is 54.6 Å². The Morgan fingerprint density at radius 1 is 0.707 bits per heavy atom. The van der Waals surface area contributed by atoms with E-state index in [1.54, 1.807) is 24.3 Å². The van der Waals surface area contributed by atoms with Crippen LogP contribution in [-0.4, -0.2) is 10.5 Å². The minimum Gasteiger partial charge on any atom is -0.450 e. The molecule has 5 aromatic rings. The van der Waals surface area contributed by atoms with Crippen molar-refractivity contribution in [1.82, 2.24) is 4.57 Å². The maximum atomic E-state index is 13.2. The Morgan fingerprint density at radius 2 is 1.24 bits per heavy atom. The lowest BCUT2D eigenvalue weighted by atomic mass is 9.98. The van der Waals surface area contributed by atoms with Crippen LogP contribution in [0.4, 0.5) is 0 Å². The Bertz CT molecular complexity index is 1640. The molecule has 1 atom stereocenters. The van der Waals surface area contributed by atoms with Gasteiger partial charge in [-0.1, -0.05) is 99.9 Å². The first-order valence-corrected chi connectivity index (χ1v) is 14.6. The molecule has 41 heavy (non-hydrogen) atoms. The second kappa shape index (κ2) is 13.1. The number of imidazole rings is 1. The molecule has 0 fully saturated rings. The van der Waals surface area contributed by atoms with Crippen LogP contribution in [0.5, 0.6) is 0 Å². The van der Waals surface area contributed by atoms with Crippen molar-refractivity contribution >= 4 is 75.6 Å². The molecule has 0 aliphatic rings. The van der Waals surface area contributed by atoms with E-state index in [9.17, 15) is 4.79 Å². The largest absolute Gasteiger partial charge is 0.450 e. The summed E-state index contributed by atoms with van der Waals surface area (Å²) >= 11 is 37.3. The van der Waals surface area contributed by atoms with Crippen molar-refractivity contribution in [3.8, 4) is 0 Å². The summed E-state index contributed by atoms with van der Waals surface area (Å²) in [7, 11) is 0. The van der Waals surface area contributed by atoms with Crippen LogP contribution in [0.15, 0.2) is 104 Å². The molecule has 0 saturated carbocycles. The highest BCUT2D eigenvalue weighted by molar-refractivity contribution is 6.36. The van der Waals surface area contributed by atoms with Crippen LogP contribution >= 0.6 is 69.6 Å². The number of hydrogen-bond acceptors (Lipinski definition) is 2. The Kier molecular flexibility index (Phi) is 9.50. The van der Waals surface area contributed by atoms with Gasteiger partial charge in [0.1, 0.15) is 18.9 Å². The van der Waals surface area contributed by atoms with Crippen molar-refractivity contribution in [3.05, 3.63) is 156 Å². The third-order valence-corrected chi connectivity index (χ3v) is 8.08. The van der Waals surface area contributed by atoms with E-state index in [2.05, 4.69) is 4.57 Å². The molecule has 208 valence electrons. The van der Waals surface area contributed by atoms with Crippen molar-refractivity contribution < 1.29 is 14.1 Å². The number of benzene rings is 4. The molecule has 1 heterocycles. The molecule has 1 aromatic heterocycles. The van der Waals surface area contributed by atoms with Gasteiger partial charge in [-0.3, -0.25) is 0 Å². The molecular formula is C31H21Cl6N2O2+. The van der Waals surface area contributed by atoms with Crippen LogP contribution in [0, 0.1) is 0 Å². The summed E-state index contributed by atoms with van der Waals surface area (Å²) in [5, 5.41) is 2.75. The quantitative estimate of drug-likeness (QED) is 0.122. The van der Waals surface area contributed by atoms with Crippen LogP contribution in [-0.2, 0) is 11.3 Å². The van der Waals surface area contributed by atoms with Crippen LogP contribution in [0.3, 0.4) is 0 Å². The number of hydrogen-bond donors (Lipinski definition) is 0. The van der Waals surface area contributed by atoms with E-state index in [0.29, 0.717) is 30.7 Å². The number of carbonyl (C=O) groups excluding carboxylic acids is 1.